The summed E-state index contributed by atoms with van der Waals surface area (Å²) in [5.41, 5.74) is 0. The van der Waals surface area contributed by atoms with E-state index in [-0.39, 0.29) is 11.7 Å². The summed E-state index contributed by atoms with van der Waals surface area (Å²) in [4.78, 5) is 14.4. The maximum atomic E-state index is 10.7. The van der Waals surface area contributed by atoms with Crippen LogP contribution in [-0.2, 0) is 4.79 Å². The van der Waals surface area contributed by atoms with Crippen molar-refractivity contribution in [2.24, 2.45) is 4.99 Å². The molecule has 0 bridgehead atoms. The molecule has 1 amide bonds. The van der Waals surface area contributed by atoms with Gasteiger partial charge in [-0.1, -0.05) is 36.8 Å². The summed E-state index contributed by atoms with van der Waals surface area (Å²) >= 11 is 3.15. The second-order valence-electron chi connectivity index (χ2n) is 5.42. The van der Waals surface area contributed by atoms with E-state index in [0.29, 0.717) is 0 Å². The van der Waals surface area contributed by atoms with Crippen molar-refractivity contribution < 1.29 is 9.90 Å². The number of halogens is 1. The highest BCUT2D eigenvalue weighted by Crippen LogP contribution is 2.21. The molecule has 4 nitrogen and oxygen atoms in total. The number of hydrogen-bond donors (Lipinski definition) is 2. The van der Waals surface area contributed by atoms with Crippen LogP contribution in [0.4, 0.5) is 0 Å². The third kappa shape index (κ3) is 6.26. The molecule has 126 valence electrons. The molecule has 1 saturated heterocycles. The van der Waals surface area contributed by atoms with E-state index in [4.69, 9.17) is 5.11 Å². The number of carbonyl (C=O) groups is 1. The van der Waals surface area contributed by atoms with Crippen molar-refractivity contribution in [3.05, 3.63) is 63.6 Å². The van der Waals surface area contributed by atoms with Gasteiger partial charge in [-0.3, -0.25) is 4.79 Å². The van der Waals surface area contributed by atoms with Crippen LogP contribution >= 0.6 is 15.9 Å². The van der Waals surface area contributed by atoms with Crippen LogP contribution in [0, 0.1) is 0 Å². The standard InChI is InChI=1S/C8H5NO.C6H5BrO.C5H11N/c10-8-5-6-3-1-2-4-7(6)9-8;7-5-3-1-2-4-6(5)8;1-2-4-6-5-3-1/h1-5H;1-4,8H;6H,1-5H2. The van der Waals surface area contributed by atoms with Gasteiger partial charge in [-0.2, -0.15) is 0 Å². The Labute approximate surface area is 150 Å². The number of amides is 1. The lowest BCUT2D eigenvalue weighted by Gasteiger charge is -2.08. The SMILES string of the molecule is C1CCNCC1.O=C1C=c2ccccc2=N1.Oc1ccccc1Br. The van der Waals surface area contributed by atoms with Gasteiger partial charge in [0.2, 0.25) is 0 Å². The van der Waals surface area contributed by atoms with E-state index in [1.54, 1.807) is 18.2 Å². The highest BCUT2D eigenvalue weighted by molar-refractivity contribution is 9.10. The molecule has 0 saturated carbocycles. The first-order valence-electron chi connectivity index (χ1n) is 8.00. The van der Waals surface area contributed by atoms with Gasteiger partial charge in [-0.05, 0) is 60.1 Å². The van der Waals surface area contributed by atoms with Gasteiger partial charge in [-0.25, -0.2) is 4.99 Å². The van der Waals surface area contributed by atoms with Crippen LogP contribution in [0.25, 0.3) is 6.08 Å². The minimum atomic E-state index is -0.152. The van der Waals surface area contributed by atoms with Gasteiger partial charge in [0.05, 0.1) is 9.83 Å². The summed E-state index contributed by atoms with van der Waals surface area (Å²) in [6.07, 6.45) is 5.75. The molecule has 0 aliphatic carbocycles. The average molecular weight is 389 g/mol. The van der Waals surface area contributed by atoms with Gasteiger partial charge < -0.3 is 10.4 Å². The van der Waals surface area contributed by atoms with Crippen molar-refractivity contribution in [1.29, 1.82) is 0 Å². The number of benzene rings is 2. The predicted octanol–water partition coefficient (Wildman–Crippen LogP) is 2.54. The zero-order chi connectivity index (χ0) is 17.2. The maximum absolute atomic E-state index is 10.7. The lowest BCUT2D eigenvalue weighted by atomic mass is 10.2. The van der Waals surface area contributed by atoms with Crippen LogP contribution < -0.4 is 15.9 Å². The second kappa shape index (κ2) is 10.0. The Morgan fingerprint density at radius 1 is 0.958 bits per heavy atom. The van der Waals surface area contributed by atoms with Gasteiger partial charge in [0.25, 0.3) is 5.91 Å². The zero-order valence-electron chi connectivity index (χ0n) is 13.4. The quantitative estimate of drug-likeness (QED) is 0.728. The fourth-order valence-corrected chi connectivity index (χ4v) is 2.53. The minimum absolute atomic E-state index is 0.152. The molecule has 2 aliphatic heterocycles. The molecular weight excluding hydrogens is 368 g/mol. The number of nitrogens with one attached hydrogen (secondary N) is 1. The largest absolute Gasteiger partial charge is 0.507 e. The lowest BCUT2D eigenvalue weighted by Crippen LogP contribution is -2.21. The Bertz CT molecular complexity index is 716. The molecule has 0 radical (unpaired) electrons. The first-order valence-corrected chi connectivity index (χ1v) is 8.80. The molecule has 4 rings (SSSR count). The van der Waals surface area contributed by atoms with Crippen LogP contribution in [0.5, 0.6) is 5.75 Å². The summed E-state index contributed by atoms with van der Waals surface area (Å²) in [6, 6.07) is 14.5. The van der Waals surface area contributed by atoms with Crippen LogP contribution in [0.15, 0.2) is 58.0 Å². The molecule has 0 aromatic heterocycles. The molecule has 2 N–H and O–H groups in total. The third-order valence-electron chi connectivity index (χ3n) is 3.51. The highest BCUT2D eigenvalue weighted by atomic mass is 79.9. The smallest absolute Gasteiger partial charge is 0.270 e. The first kappa shape index (κ1) is 18.4. The Hall–Kier alpha value is -1.98. The van der Waals surface area contributed by atoms with Gasteiger partial charge in [0, 0.05) is 11.3 Å². The molecule has 5 heteroatoms. The lowest BCUT2D eigenvalue weighted by molar-refractivity contribution is -0.112. The Morgan fingerprint density at radius 2 is 1.62 bits per heavy atom. The normalized spacial score (nSPS) is 14.8. The van der Waals surface area contributed by atoms with Gasteiger partial charge in [0.1, 0.15) is 5.75 Å². The van der Waals surface area contributed by atoms with Crippen molar-refractivity contribution in [1.82, 2.24) is 5.32 Å². The van der Waals surface area contributed by atoms with E-state index in [2.05, 4.69) is 26.2 Å². The van der Waals surface area contributed by atoms with Crippen molar-refractivity contribution in [2.75, 3.05) is 13.1 Å². The number of phenolic OH excluding ortho intramolecular Hbond substituents is 1. The number of carbonyl (C=O) groups excluding carboxylic acids is 1. The van der Waals surface area contributed by atoms with Gasteiger partial charge >= 0.3 is 0 Å². The summed E-state index contributed by atoms with van der Waals surface area (Å²) in [6.45, 7) is 2.50. The number of rotatable bonds is 0. The molecule has 0 atom stereocenters. The summed E-state index contributed by atoms with van der Waals surface area (Å²) in [7, 11) is 0. The fraction of sp³-hybridized carbons (Fsp3) is 0.263. The van der Waals surface area contributed by atoms with Gasteiger partial charge in [-0.15, -0.1) is 0 Å². The fourth-order valence-electron chi connectivity index (χ4n) is 2.25. The molecular formula is C19H21BrN2O2. The maximum Gasteiger partial charge on any atom is 0.270 e. The number of phenols is 1. The monoisotopic (exact) mass is 388 g/mol. The number of hydrogen-bond acceptors (Lipinski definition) is 3. The van der Waals surface area contributed by atoms with Crippen LogP contribution in [0.1, 0.15) is 19.3 Å². The van der Waals surface area contributed by atoms with E-state index in [0.717, 1.165) is 15.0 Å². The second-order valence-corrected chi connectivity index (χ2v) is 6.27. The molecule has 1 fully saturated rings. The number of fused-ring (bicyclic) bond motifs is 1. The number of aromatic hydroxyl groups is 1. The van der Waals surface area contributed by atoms with Gasteiger partial charge in [0.15, 0.2) is 0 Å². The molecule has 2 aromatic rings. The van der Waals surface area contributed by atoms with E-state index in [1.807, 2.05) is 30.3 Å². The van der Waals surface area contributed by atoms with Crippen molar-refractivity contribution in [3.63, 3.8) is 0 Å². The zero-order valence-corrected chi connectivity index (χ0v) is 15.0. The molecule has 2 aromatic carbocycles. The minimum Gasteiger partial charge on any atom is -0.507 e. The first-order chi connectivity index (χ1) is 11.7. The van der Waals surface area contributed by atoms with Crippen LogP contribution in [0.3, 0.4) is 0 Å². The van der Waals surface area contributed by atoms with E-state index >= 15 is 0 Å². The van der Waals surface area contributed by atoms with Crippen LogP contribution in [0.2, 0.25) is 0 Å². The number of para-hydroxylation sites is 2. The predicted molar refractivity (Wildman–Crippen MR) is 99.2 cm³/mol. The Balaban J connectivity index is 0.000000135. The summed E-state index contributed by atoms with van der Waals surface area (Å²) < 4.78 is 0.736. The van der Waals surface area contributed by atoms with E-state index in [1.165, 1.54) is 38.4 Å². The van der Waals surface area contributed by atoms with Crippen molar-refractivity contribution >= 4 is 27.9 Å². The molecule has 0 spiro atoms. The summed E-state index contributed by atoms with van der Waals surface area (Å²) in [5, 5.41) is 13.9. The van der Waals surface area contributed by atoms with Crippen molar-refractivity contribution in [2.45, 2.75) is 19.3 Å². The Morgan fingerprint density at radius 3 is 2.12 bits per heavy atom. The summed E-state index contributed by atoms with van der Waals surface area (Å²) in [5.74, 6) is 0.133. The molecule has 2 heterocycles. The Kier molecular flexibility index (Phi) is 7.65. The topological polar surface area (TPSA) is 61.7 Å². The molecule has 2 aliphatic rings. The number of piperidine rings is 1. The highest BCUT2D eigenvalue weighted by Gasteiger charge is 1.99. The average Bonchev–Trinajstić information content (AvgIpc) is 3.00. The third-order valence-corrected chi connectivity index (χ3v) is 4.18. The molecule has 24 heavy (non-hydrogen) atoms. The van der Waals surface area contributed by atoms with E-state index < -0.39 is 0 Å². The van der Waals surface area contributed by atoms with Crippen LogP contribution in [-0.4, -0.2) is 24.1 Å². The van der Waals surface area contributed by atoms with E-state index in [9.17, 15) is 4.79 Å². The van der Waals surface area contributed by atoms with Crippen molar-refractivity contribution in [3.8, 4) is 5.75 Å². The molecule has 0 unspecified atom stereocenters. The number of nitrogens with zero attached hydrogens (tertiary/aromatic N) is 1.